The van der Waals surface area contributed by atoms with Gasteiger partial charge in [0, 0.05) is 22.4 Å². The predicted molar refractivity (Wildman–Crippen MR) is 141 cm³/mol. The van der Waals surface area contributed by atoms with Gasteiger partial charge in [0.1, 0.15) is 28.5 Å². The lowest BCUT2D eigenvalue weighted by molar-refractivity contribution is 0.171. The zero-order valence-electron chi connectivity index (χ0n) is 20.5. The molecule has 0 unspecified atom stereocenters. The van der Waals surface area contributed by atoms with Crippen LogP contribution >= 0.6 is 15.9 Å². The summed E-state index contributed by atoms with van der Waals surface area (Å²) in [6.45, 7) is 3.14. The second-order valence-corrected chi connectivity index (χ2v) is 10.9. The Labute approximate surface area is 222 Å². The monoisotopic (exact) mass is 588 g/mol. The van der Waals surface area contributed by atoms with Gasteiger partial charge in [0.15, 0.2) is 5.82 Å². The number of hydrogen-bond acceptors (Lipinski definition) is 9. The number of nitrogens with one attached hydrogen (secondary N) is 1. The molecule has 11 nitrogen and oxygen atoms in total. The van der Waals surface area contributed by atoms with Crippen LogP contribution in [0.5, 0.6) is 11.5 Å². The molecule has 3 heterocycles. The maximum absolute atomic E-state index is 13.4. The fourth-order valence-corrected chi connectivity index (χ4v) is 4.93. The molecular formula is C24H25BrN6O5S. The number of anilines is 1. The molecule has 0 fully saturated rings. The van der Waals surface area contributed by atoms with E-state index in [9.17, 15) is 13.5 Å². The van der Waals surface area contributed by atoms with Crippen molar-refractivity contribution in [3.63, 3.8) is 0 Å². The number of ether oxygens (including phenoxy) is 2. The smallest absolute Gasteiger partial charge is 0.243 e. The lowest BCUT2D eigenvalue weighted by Crippen LogP contribution is -2.32. The molecule has 0 saturated carbocycles. The third-order valence-corrected chi connectivity index (χ3v) is 8.26. The Morgan fingerprint density at radius 1 is 1.05 bits per heavy atom. The van der Waals surface area contributed by atoms with Crippen LogP contribution in [0.1, 0.15) is 24.4 Å². The molecule has 0 aliphatic heterocycles. The standard InChI is InChI=1S/C24H25BrN6O5S/c1-14-17(25)10-11-18(27-14)22(32)15(2)37(33,34)30-24-29-28-23(16-7-6-12-26-13-16)31(24)21-19(35-3)8-5-9-20(21)36-4/h5-13,15,22,32H,1-4H3,(H,29,30)/t15-,22-/m0/s1. The summed E-state index contributed by atoms with van der Waals surface area (Å²) in [6.07, 6.45) is 1.78. The third kappa shape index (κ3) is 5.29. The number of aliphatic hydroxyl groups excluding tert-OH is 1. The van der Waals surface area contributed by atoms with Crippen molar-refractivity contribution in [1.82, 2.24) is 24.7 Å². The van der Waals surface area contributed by atoms with E-state index in [4.69, 9.17) is 9.47 Å². The molecule has 4 rings (SSSR count). The largest absolute Gasteiger partial charge is 0.494 e. The van der Waals surface area contributed by atoms with Crippen LogP contribution in [0.25, 0.3) is 17.1 Å². The minimum absolute atomic E-state index is 0.124. The van der Waals surface area contributed by atoms with E-state index in [1.807, 2.05) is 0 Å². The highest BCUT2D eigenvalue weighted by atomic mass is 79.9. The molecule has 1 aromatic carbocycles. The summed E-state index contributed by atoms with van der Waals surface area (Å²) in [4.78, 5) is 8.44. The molecule has 3 aromatic heterocycles. The maximum atomic E-state index is 13.4. The van der Waals surface area contributed by atoms with E-state index in [0.29, 0.717) is 34.3 Å². The number of aromatic nitrogens is 5. The van der Waals surface area contributed by atoms with E-state index in [0.717, 1.165) is 4.47 Å². The summed E-state index contributed by atoms with van der Waals surface area (Å²) < 4.78 is 42.7. The van der Waals surface area contributed by atoms with Crippen molar-refractivity contribution in [3.8, 4) is 28.6 Å². The minimum atomic E-state index is -4.19. The van der Waals surface area contributed by atoms with Gasteiger partial charge < -0.3 is 14.6 Å². The number of halogens is 1. The van der Waals surface area contributed by atoms with Crippen LogP contribution in [-0.4, -0.2) is 57.7 Å². The van der Waals surface area contributed by atoms with Crippen molar-refractivity contribution in [2.75, 3.05) is 18.9 Å². The van der Waals surface area contributed by atoms with Gasteiger partial charge in [0.25, 0.3) is 0 Å². The Balaban J connectivity index is 1.81. The molecule has 37 heavy (non-hydrogen) atoms. The molecular weight excluding hydrogens is 564 g/mol. The van der Waals surface area contributed by atoms with Gasteiger partial charge in [0.2, 0.25) is 16.0 Å². The normalized spacial score (nSPS) is 13.1. The van der Waals surface area contributed by atoms with Gasteiger partial charge >= 0.3 is 0 Å². The zero-order chi connectivity index (χ0) is 26.7. The summed E-state index contributed by atoms with van der Waals surface area (Å²) in [5, 5.41) is 17.9. The number of sulfonamides is 1. The van der Waals surface area contributed by atoms with Crippen LogP contribution in [0.15, 0.2) is 59.3 Å². The molecule has 194 valence electrons. The van der Waals surface area contributed by atoms with E-state index in [-0.39, 0.29) is 11.6 Å². The van der Waals surface area contributed by atoms with Crippen LogP contribution in [0.3, 0.4) is 0 Å². The zero-order valence-corrected chi connectivity index (χ0v) is 22.9. The summed E-state index contributed by atoms with van der Waals surface area (Å²) in [7, 11) is -1.22. The molecule has 13 heteroatoms. The van der Waals surface area contributed by atoms with Crippen molar-refractivity contribution in [1.29, 1.82) is 0 Å². The first-order chi connectivity index (χ1) is 17.7. The van der Waals surface area contributed by atoms with Crippen LogP contribution in [-0.2, 0) is 10.0 Å². The molecule has 0 amide bonds. The molecule has 0 radical (unpaired) electrons. The number of methoxy groups -OCH3 is 2. The number of nitrogens with zero attached hydrogens (tertiary/aromatic N) is 5. The first-order valence-electron chi connectivity index (χ1n) is 11.1. The molecule has 4 aromatic rings. The van der Waals surface area contributed by atoms with Gasteiger partial charge in [-0.2, -0.15) is 0 Å². The fourth-order valence-electron chi connectivity index (χ4n) is 3.65. The highest BCUT2D eigenvalue weighted by molar-refractivity contribution is 9.10. The van der Waals surface area contributed by atoms with Crippen LogP contribution in [0.4, 0.5) is 5.95 Å². The van der Waals surface area contributed by atoms with Gasteiger partial charge in [-0.3, -0.25) is 19.3 Å². The Kier molecular flexibility index (Phi) is 7.76. The summed E-state index contributed by atoms with van der Waals surface area (Å²) in [5.74, 6) is 0.965. The number of pyridine rings is 2. The number of rotatable bonds is 9. The number of benzene rings is 1. The topological polar surface area (TPSA) is 141 Å². The van der Waals surface area contributed by atoms with E-state index >= 15 is 0 Å². The van der Waals surface area contributed by atoms with E-state index in [1.54, 1.807) is 61.8 Å². The second-order valence-electron chi connectivity index (χ2n) is 8.04. The molecule has 0 saturated heterocycles. The van der Waals surface area contributed by atoms with Gasteiger partial charge in [-0.15, -0.1) is 10.2 Å². The highest BCUT2D eigenvalue weighted by Crippen LogP contribution is 2.38. The van der Waals surface area contributed by atoms with Crippen LogP contribution in [0, 0.1) is 6.92 Å². The number of para-hydroxylation sites is 1. The number of hydrogen-bond donors (Lipinski definition) is 2. The Morgan fingerprint density at radius 2 is 1.76 bits per heavy atom. The molecule has 0 aliphatic carbocycles. The van der Waals surface area contributed by atoms with Crippen molar-refractivity contribution in [3.05, 3.63) is 70.7 Å². The quantitative estimate of drug-likeness (QED) is 0.299. The minimum Gasteiger partial charge on any atom is -0.494 e. The van der Waals surface area contributed by atoms with Crippen molar-refractivity contribution >= 4 is 31.9 Å². The van der Waals surface area contributed by atoms with Gasteiger partial charge in [-0.1, -0.05) is 6.07 Å². The van der Waals surface area contributed by atoms with Crippen molar-refractivity contribution in [2.45, 2.75) is 25.2 Å². The Hall–Kier alpha value is -3.55. The molecule has 2 N–H and O–H groups in total. The maximum Gasteiger partial charge on any atom is 0.243 e. The molecule has 0 aliphatic rings. The number of aryl methyl sites for hydroxylation is 1. The van der Waals surface area contributed by atoms with Gasteiger partial charge in [0.05, 0.1) is 25.6 Å². The van der Waals surface area contributed by atoms with Crippen molar-refractivity contribution < 1.29 is 23.0 Å². The van der Waals surface area contributed by atoms with Crippen LogP contribution in [0.2, 0.25) is 0 Å². The first-order valence-corrected chi connectivity index (χ1v) is 13.4. The molecule has 2 atom stereocenters. The second kappa shape index (κ2) is 10.8. The number of aliphatic hydroxyl groups is 1. The van der Waals surface area contributed by atoms with Crippen LogP contribution < -0.4 is 14.2 Å². The summed E-state index contributed by atoms with van der Waals surface area (Å²) in [6, 6.07) is 11.9. The predicted octanol–water partition coefficient (Wildman–Crippen LogP) is 3.68. The Bertz CT molecular complexity index is 1490. The fraction of sp³-hybridized carbons (Fsp3) is 0.250. The first kappa shape index (κ1) is 26.5. The lowest BCUT2D eigenvalue weighted by Gasteiger charge is -2.21. The van der Waals surface area contributed by atoms with Crippen molar-refractivity contribution in [2.24, 2.45) is 0 Å². The lowest BCUT2D eigenvalue weighted by atomic mass is 10.1. The molecule has 0 bridgehead atoms. The summed E-state index contributed by atoms with van der Waals surface area (Å²) in [5.41, 5.74) is 1.81. The van der Waals surface area contributed by atoms with E-state index < -0.39 is 21.4 Å². The average Bonchev–Trinajstić information content (AvgIpc) is 3.31. The average molecular weight is 589 g/mol. The SMILES string of the molecule is COc1cccc(OC)c1-n1c(NS(=O)(=O)[C@@H](C)[C@H](O)c2ccc(Br)c(C)n2)nnc1-c1cccnc1. The third-order valence-electron chi connectivity index (χ3n) is 5.72. The highest BCUT2D eigenvalue weighted by Gasteiger charge is 2.33. The van der Waals surface area contributed by atoms with E-state index in [2.05, 4.69) is 40.8 Å². The van der Waals surface area contributed by atoms with E-state index in [1.165, 1.54) is 25.7 Å². The summed E-state index contributed by atoms with van der Waals surface area (Å²) >= 11 is 3.36. The molecule has 0 spiro atoms. The Morgan fingerprint density at radius 3 is 2.35 bits per heavy atom. The van der Waals surface area contributed by atoms with Gasteiger partial charge in [-0.05, 0) is 66.2 Å². The van der Waals surface area contributed by atoms with Gasteiger partial charge in [-0.25, -0.2) is 8.42 Å².